The Morgan fingerprint density at radius 2 is 2.00 bits per heavy atom. The molecule has 2 rings (SSSR count). The molecule has 0 saturated carbocycles. The lowest BCUT2D eigenvalue weighted by Gasteiger charge is -2.12. The summed E-state index contributed by atoms with van der Waals surface area (Å²) in [5, 5.41) is 13.7. The Labute approximate surface area is 110 Å². The van der Waals surface area contributed by atoms with Crippen LogP contribution < -0.4 is 5.32 Å². The molecule has 0 bridgehead atoms. The highest BCUT2D eigenvalue weighted by Crippen LogP contribution is 2.26. The molecule has 1 atom stereocenters. The van der Waals surface area contributed by atoms with Gasteiger partial charge in [-0.2, -0.15) is 0 Å². The van der Waals surface area contributed by atoms with Gasteiger partial charge in [-0.25, -0.2) is 0 Å². The van der Waals surface area contributed by atoms with Crippen LogP contribution in [0.2, 0.25) is 0 Å². The van der Waals surface area contributed by atoms with Crippen LogP contribution in [0.5, 0.6) is 0 Å². The lowest BCUT2D eigenvalue weighted by Crippen LogP contribution is -2.18. The van der Waals surface area contributed by atoms with Gasteiger partial charge in [0.25, 0.3) is 0 Å². The summed E-state index contributed by atoms with van der Waals surface area (Å²) in [7, 11) is 0. The highest BCUT2D eigenvalue weighted by Gasteiger charge is 2.11. The van der Waals surface area contributed by atoms with E-state index in [4.69, 9.17) is 0 Å². The van der Waals surface area contributed by atoms with Crippen molar-refractivity contribution in [2.75, 3.05) is 0 Å². The Balaban J connectivity index is 1.97. The fourth-order valence-corrected chi connectivity index (χ4v) is 3.52. The third-order valence-corrected chi connectivity index (χ3v) is 4.49. The average Bonchev–Trinajstić information content (AvgIpc) is 2.81. The molecule has 0 radical (unpaired) electrons. The number of rotatable bonds is 4. The molecule has 2 heterocycles. The van der Waals surface area contributed by atoms with Crippen molar-refractivity contribution in [2.45, 2.75) is 40.3 Å². The van der Waals surface area contributed by atoms with Gasteiger partial charge in [0.15, 0.2) is 0 Å². The molecule has 2 aromatic heterocycles. The van der Waals surface area contributed by atoms with Crippen LogP contribution in [0.15, 0.2) is 6.07 Å². The van der Waals surface area contributed by atoms with Crippen molar-refractivity contribution in [1.82, 2.24) is 15.5 Å². The maximum Gasteiger partial charge on any atom is 0.131 e. The maximum atomic E-state index is 4.12. The molecule has 2 aromatic rings. The second-order valence-corrected chi connectivity index (χ2v) is 6.91. The van der Waals surface area contributed by atoms with Gasteiger partial charge in [0.05, 0.1) is 6.54 Å². The highest BCUT2D eigenvalue weighted by atomic mass is 32.1. The lowest BCUT2D eigenvalue weighted by atomic mass is 10.1. The number of aryl methyl sites for hydroxylation is 3. The first-order valence-corrected chi connectivity index (χ1v) is 7.29. The molecule has 0 saturated heterocycles. The topological polar surface area (TPSA) is 37.8 Å². The van der Waals surface area contributed by atoms with Crippen molar-refractivity contribution in [3.05, 3.63) is 31.4 Å². The molecule has 0 fully saturated rings. The predicted octanol–water partition coefficient (Wildman–Crippen LogP) is 3.38. The molecule has 0 aliphatic carbocycles. The predicted molar refractivity (Wildman–Crippen MR) is 73.7 cm³/mol. The van der Waals surface area contributed by atoms with Crippen molar-refractivity contribution in [1.29, 1.82) is 0 Å². The van der Waals surface area contributed by atoms with Crippen LogP contribution >= 0.6 is 22.7 Å². The maximum absolute atomic E-state index is 4.12. The van der Waals surface area contributed by atoms with Crippen molar-refractivity contribution in [3.63, 3.8) is 0 Å². The van der Waals surface area contributed by atoms with E-state index in [-0.39, 0.29) is 0 Å². The normalized spacial score (nSPS) is 12.9. The quantitative estimate of drug-likeness (QED) is 0.923. The van der Waals surface area contributed by atoms with Gasteiger partial charge in [-0.05, 0) is 39.3 Å². The summed E-state index contributed by atoms with van der Waals surface area (Å²) >= 11 is 3.51. The van der Waals surface area contributed by atoms with E-state index in [0.717, 1.165) is 16.6 Å². The summed E-state index contributed by atoms with van der Waals surface area (Å²) in [6, 6.07) is 2.63. The van der Waals surface area contributed by atoms with Crippen LogP contribution in [0.3, 0.4) is 0 Å². The van der Waals surface area contributed by atoms with Gasteiger partial charge in [0.2, 0.25) is 0 Å². The molecule has 92 valence electrons. The second-order valence-electron chi connectivity index (χ2n) is 4.19. The fraction of sp³-hybridized carbons (Fsp3) is 0.500. The Bertz CT molecular complexity index is 502. The van der Waals surface area contributed by atoms with Gasteiger partial charge < -0.3 is 5.32 Å². The minimum absolute atomic E-state index is 0.365. The first-order valence-electron chi connectivity index (χ1n) is 5.65. The minimum Gasteiger partial charge on any atom is -0.304 e. The zero-order valence-electron chi connectivity index (χ0n) is 10.6. The molecule has 3 nitrogen and oxygen atoms in total. The van der Waals surface area contributed by atoms with E-state index in [9.17, 15) is 0 Å². The molecule has 0 aliphatic heterocycles. The van der Waals surface area contributed by atoms with Crippen molar-refractivity contribution >= 4 is 22.7 Å². The summed E-state index contributed by atoms with van der Waals surface area (Å²) in [6.07, 6.45) is 0. The first-order chi connectivity index (χ1) is 8.06. The Morgan fingerprint density at radius 1 is 1.24 bits per heavy atom. The highest BCUT2D eigenvalue weighted by molar-refractivity contribution is 7.12. The van der Waals surface area contributed by atoms with E-state index < -0.39 is 0 Å². The number of nitrogens with one attached hydrogen (secondary N) is 1. The van der Waals surface area contributed by atoms with Crippen LogP contribution in [0.4, 0.5) is 0 Å². The third-order valence-electron chi connectivity index (χ3n) is 2.67. The number of hydrogen-bond acceptors (Lipinski definition) is 5. The molecule has 0 amide bonds. The molecule has 0 aliphatic rings. The van der Waals surface area contributed by atoms with E-state index in [2.05, 4.69) is 42.4 Å². The van der Waals surface area contributed by atoms with Crippen LogP contribution in [-0.4, -0.2) is 10.2 Å². The fourth-order valence-electron chi connectivity index (χ4n) is 1.84. The lowest BCUT2D eigenvalue weighted by molar-refractivity contribution is 0.570. The average molecular weight is 267 g/mol. The largest absolute Gasteiger partial charge is 0.304 e. The monoisotopic (exact) mass is 267 g/mol. The zero-order chi connectivity index (χ0) is 12.4. The van der Waals surface area contributed by atoms with Gasteiger partial charge in [-0.3, -0.25) is 0 Å². The molecule has 0 aromatic carbocycles. The summed E-state index contributed by atoms with van der Waals surface area (Å²) in [5.41, 5.74) is 1.40. The first kappa shape index (κ1) is 12.7. The van der Waals surface area contributed by atoms with Crippen molar-refractivity contribution in [2.24, 2.45) is 0 Å². The van der Waals surface area contributed by atoms with E-state index in [1.165, 1.54) is 15.3 Å². The SMILES string of the molecule is Cc1cc([C@H](C)NCc2nnc(C)s2)c(C)s1. The molecule has 1 N–H and O–H groups in total. The van der Waals surface area contributed by atoms with E-state index in [1.54, 1.807) is 11.3 Å². The molecule has 5 heteroatoms. The van der Waals surface area contributed by atoms with E-state index >= 15 is 0 Å². The number of aromatic nitrogens is 2. The van der Waals surface area contributed by atoms with Crippen molar-refractivity contribution in [3.8, 4) is 0 Å². The molecule has 0 unspecified atom stereocenters. The van der Waals surface area contributed by atoms with E-state index in [1.807, 2.05) is 18.3 Å². The smallest absolute Gasteiger partial charge is 0.131 e. The van der Waals surface area contributed by atoms with Crippen LogP contribution in [0.1, 0.15) is 38.3 Å². The van der Waals surface area contributed by atoms with Gasteiger partial charge in [0, 0.05) is 15.8 Å². The molecule has 17 heavy (non-hydrogen) atoms. The summed E-state index contributed by atoms with van der Waals surface area (Å²) in [5.74, 6) is 0. The van der Waals surface area contributed by atoms with Crippen molar-refractivity contribution < 1.29 is 0 Å². The third kappa shape index (κ3) is 3.12. The van der Waals surface area contributed by atoms with Crippen LogP contribution in [-0.2, 0) is 6.54 Å². The van der Waals surface area contributed by atoms with Gasteiger partial charge in [-0.1, -0.05) is 0 Å². The van der Waals surface area contributed by atoms with Gasteiger partial charge in [0.1, 0.15) is 10.0 Å². The van der Waals surface area contributed by atoms with Gasteiger partial charge >= 0.3 is 0 Å². The number of nitrogens with zero attached hydrogens (tertiary/aromatic N) is 2. The second kappa shape index (κ2) is 5.25. The van der Waals surface area contributed by atoms with Crippen LogP contribution in [0.25, 0.3) is 0 Å². The number of thiophene rings is 1. The molecule has 0 spiro atoms. The Kier molecular flexibility index (Phi) is 3.91. The zero-order valence-corrected chi connectivity index (χ0v) is 12.2. The Hall–Kier alpha value is -0.780. The summed E-state index contributed by atoms with van der Waals surface area (Å²) < 4.78 is 0. The Morgan fingerprint density at radius 3 is 2.53 bits per heavy atom. The van der Waals surface area contributed by atoms with Gasteiger partial charge in [-0.15, -0.1) is 32.9 Å². The molecular weight excluding hydrogens is 250 g/mol. The number of hydrogen-bond donors (Lipinski definition) is 1. The van der Waals surface area contributed by atoms with E-state index in [0.29, 0.717) is 6.04 Å². The summed E-state index contributed by atoms with van der Waals surface area (Å²) in [4.78, 5) is 2.77. The summed E-state index contributed by atoms with van der Waals surface area (Å²) in [6.45, 7) is 9.31. The minimum atomic E-state index is 0.365. The van der Waals surface area contributed by atoms with Crippen LogP contribution in [0, 0.1) is 20.8 Å². The molecular formula is C12H17N3S2. The standard InChI is InChI=1S/C12H17N3S2/c1-7-5-11(9(3)16-7)8(2)13-6-12-15-14-10(4)17-12/h5,8,13H,6H2,1-4H3/t8-/m0/s1.